The number of nitrogens with zero attached hydrogens (tertiary/aromatic N) is 3. The van der Waals surface area contributed by atoms with E-state index in [9.17, 15) is 0 Å². The molecule has 1 atom stereocenters. The summed E-state index contributed by atoms with van der Waals surface area (Å²) in [5.74, 6) is 0. The second-order valence-electron chi connectivity index (χ2n) is 6.69. The quantitative estimate of drug-likeness (QED) is 0.638. The van der Waals surface area contributed by atoms with Gasteiger partial charge in [-0.25, -0.2) is 4.68 Å². The maximum absolute atomic E-state index is 6.43. The van der Waals surface area contributed by atoms with E-state index in [4.69, 9.17) is 4.74 Å². The third-order valence-electron chi connectivity index (χ3n) is 4.73. The molecule has 1 aliphatic heterocycles. The van der Waals surface area contributed by atoms with Crippen LogP contribution >= 0.6 is 0 Å². The van der Waals surface area contributed by atoms with Crippen molar-refractivity contribution in [1.29, 1.82) is 0 Å². The molecule has 4 nitrogen and oxygen atoms in total. The fourth-order valence-corrected chi connectivity index (χ4v) is 6.65. The van der Waals surface area contributed by atoms with Gasteiger partial charge in [0, 0.05) is 0 Å². The Morgan fingerprint density at radius 1 is 1.15 bits per heavy atom. The molecule has 0 aliphatic carbocycles. The molecule has 3 rings (SSSR count). The lowest BCUT2D eigenvalue weighted by molar-refractivity contribution is 0.245. The summed E-state index contributed by atoms with van der Waals surface area (Å²) in [6.07, 6.45) is 2.03. The number of hydrogen-bond acceptors (Lipinski definition) is 3. The molecule has 0 saturated carbocycles. The van der Waals surface area contributed by atoms with Crippen molar-refractivity contribution in [3.05, 3.63) is 24.3 Å². The Morgan fingerprint density at radius 3 is 2.35 bits per heavy atom. The van der Waals surface area contributed by atoms with Crippen molar-refractivity contribution in [3.63, 3.8) is 0 Å². The predicted molar refractivity (Wildman–Crippen MR) is 83.2 cm³/mol. The summed E-state index contributed by atoms with van der Waals surface area (Å²) < 4.78 is 8.50. The van der Waals surface area contributed by atoms with Crippen molar-refractivity contribution in [1.82, 2.24) is 15.0 Å². The van der Waals surface area contributed by atoms with Gasteiger partial charge < -0.3 is 4.74 Å². The number of benzene rings is 1. The van der Waals surface area contributed by atoms with Gasteiger partial charge in [-0.3, -0.25) is 0 Å². The zero-order valence-corrected chi connectivity index (χ0v) is 14.0. The van der Waals surface area contributed by atoms with Crippen LogP contribution in [0.5, 0.6) is 0 Å². The van der Waals surface area contributed by atoms with E-state index in [1.54, 1.807) is 0 Å². The van der Waals surface area contributed by atoms with E-state index in [2.05, 4.69) is 54.5 Å². The SMILES string of the molecule is CCC1(CC)OC1(n1nnc2ccccc21)[Si](C)(C)C. The van der Waals surface area contributed by atoms with E-state index in [1.165, 1.54) is 0 Å². The van der Waals surface area contributed by atoms with E-state index < -0.39 is 8.07 Å². The monoisotopic (exact) mass is 289 g/mol. The van der Waals surface area contributed by atoms with Gasteiger partial charge in [0.2, 0.25) is 0 Å². The highest BCUT2D eigenvalue weighted by atomic mass is 28.3. The molecule has 0 amide bonds. The molecule has 5 heteroatoms. The summed E-state index contributed by atoms with van der Waals surface area (Å²) in [7, 11) is -1.63. The predicted octanol–water partition coefficient (Wildman–Crippen LogP) is 3.55. The fraction of sp³-hybridized carbons (Fsp3) is 0.600. The number of hydrogen-bond donors (Lipinski definition) is 0. The van der Waals surface area contributed by atoms with Crippen molar-refractivity contribution in [3.8, 4) is 0 Å². The van der Waals surface area contributed by atoms with E-state index in [0.29, 0.717) is 0 Å². The molecule has 2 heterocycles. The van der Waals surface area contributed by atoms with Crippen molar-refractivity contribution < 1.29 is 4.74 Å². The Balaban J connectivity index is 2.23. The minimum absolute atomic E-state index is 0.0755. The zero-order valence-electron chi connectivity index (χ0n) is 13.0. The van der Waals surface area contributed by atoms with Crippen LogP contribution in [0.15, 0.2) is 24.3 Å². The van der Waals surface area contributed by atoms with Crippen molar-refractivity contribution in [2.24, 2.45) is 0 Å². The maximum atomic E-state index is 6.43. The molecule has 108 valence electrons. The number of fused-ring (bicyclic) bond motifs is 1. The lowest BCUT2D eigenvalue weighted by Gasteiger charge is -2.29. The normalized spacial score (nSPS) is 25.1. The van der Waals surface area contributed by atoms with Gasteiger partial charge in [-0.1, -0.05) is 50.8 Å². The highest BCUT2D eigenvalue weighted by Gasteiger charge is 2.75. The van der Waals surface area contributed by atoms with Crippen LogP contribution in [-0.4, -0.2) is 28.7 Å². The Bertz CT molecular complexity index is 642. The Labute approximate surface area is 121 Å². The van der Waals surface area contributed by atoms with Crippen molar-refractivity contribution >= 4 is 19.1 Å². The first-order chi connectivity index (χ1) is 9.42. The summed E-state index contributed by atoms with van der Waals surface area (Å²) in [6, 6.07) is 8.15. The first kappa shape index (κ1) is 13.8. The smallest absolute Gasteiger partial charge is 0.176 e. The molecule has 0 radical (unpaired) electrons. The van der Waals surface area contributed by atoms with Crippen LogP contribution in [0.25, 0.3) is 11.0 Å². The third kappa shape index (κ3) is 1.50. The molecule has 1 unspecified atom stereocenters. The lowest BCUT2D eigenvalue weighted by Crippen LogP contribution is -2.50. The van der Waals surface area contributed by atoms with Crippen LogP contribution in [0.3, 0.4) is 0 Å². The number of para-hydroxylation sites is 1. The molecule has 0 bridgehead atoms. The van der Waals surface area contributed by atoms with Gasteiger partial charge in [-0.15, -0.1) is 5.10 Å². The van der Waals surface area contributed by atoms with Crippen LogP contribution in [0.2, 0.25) is 19.6 Å². The second kappa shape index (κ2) is 4.15. The molecule has 1 aromatic heterocycles. The molecule has 20 heavy (non-hydrogen) atoms. The van der Waals surface area contributed by atoms with Crippen LogP contribution < -0.4 is 0 Å². The lowest BCUT2D eigenvalue weighted by atomic mass is 10.0. The minimum atomic E-state index is -1.63. The Kier molecular flexibility index (Phi) is 2.85. The highest BCUT2D eigenvalue weighted by molar-refractivity contribution is 6.79. The number of ether oxygens (including phenoxy) is 1. The average Bonchev–Trinajstić information content (AvgIpc) is 2.95. The zero-order chi connectivity index (χ0) is 14.6. The molecule has 1 aromatic carbocycles. The summed E-state index contributed by atoms with van der Waals surface area (Å²) in [6.45, 7) is 11.5. The van der Waals surface area contributed by atoms with Crippen LogP contribution in [0.4, 0.5) is 0 Å². The largest absolute Gasteiger partial charge is 0.343 e. The number of epoxide rings is 1. The van der Waals surface area contributed by atoms with E-state index >= 15 is 0 Å². The maximum Gasteiger partial charge on any atom is 0.176 e. The molecule has 1 aliphatic rings. The Morgan fingerprint density at radius 2 is 1.80 bits per heavy atom. The summed E-state index contributed by atoms with van der Waals surface area (Å²) in [5, 5.41) is 8.53. The van der Waals surface area contributed by atoms with E-state index in [1.807, 2.05) is 18.2 Å². The first-order valence-electron chi connectivity index (χ1n) is 7.43. The standard InChI is InChI=1S/C15H23N3OSi/c1-6-14(7-2)15(19-14,20(3,4)5)18-13-11-9-8-10-12(13)16-17-18/h8-11H,6-7H2,1-5H3. The molecule has 2 aromatic rings. The van der Waals surface area contributed by atoms with Gasteiger partial charge in [-0.05, 0) is 25.0 Å². The number of rotatable bonds is 4. The minimum Gasteiger partial charge on any atom is -0.343 e. The number of aromatic nitrogens is 3. The van der Waals surface area contributed by atoms with Gasteiger partial charge in [0.1, 0.15) is 19.2 Å². The third-order valence-corrected chi connectivity index (χ3v) is 7.53. The van der Waals surface area contributed by atoms with Gasteiger partial charge >= 0.3 is 0 Å². The van der Waals surface area contributed by atoms with Crippen molar-refractivity contribution in [2.45, 2.75) is 57.3 Å². The first-order valence-corrected chi connectivity index (χ1v) is 10.9. The van der Waals surface area contributed by atoms with Crippen molar-refractivity contribution in [2.75, 3.05) is 0 Å². The van der Waals surface area contributed by atoms with E-state index in [0.717, 1.165) is 23.9 Å². The van der Waals surface area contributed by atoms with Gasteiger partial charge in [0.25, 0.3) is 0 Å². The van der Waals surface area contributed by atoms with Crippen LogP contribution in [0.1, 0.15) is 26.7 Å². The molecule has 0 spiro atoms. The van der Waals surface area contributed by atoms with Crippen LogP contribution in [0, 0.1) is 0 Å². The van der Waals surface area contributed by atoms with Crippen LogP contribution in [-0.2, 0) is 10.1 Å². The summed E-state index contributed by atoms with van der Waals surface area (Å²) >= 11 is 0. The van der Waals surface area contributed by atoms with Gasteiger partial charge in [0.05, 0.1) is 5.52 Å². The highest BCUT2D eigenvalue weighted by Crippen LogP contribution is 2.61. The van der Waals surface area contributed by atoms with Gasteiger partial charge in [0.15, 0.2) is 5.35 Å². The van der Waals surface area contributed by atoms with E-state index in [-0.39, 0.29) is 10.9 Å². The molecule has 1 fully saturated rings. The Hall–Kier alpha value is -1.20. The average molecular weight is 289 g/mol. The second-order valence-corrected chi connectivity index (χ2v) is 11.9. The molecular formula is C15H23N3OSi. The fourth-order valence-electron chi connectivity index (χ4n) is 3.62. The molecular weight excluding hydrogens is 266 g/mol. The van der Waals surface area contributed by atoms with Gasteiger partial charge in [-0.2, -0.15) is 0 Å². The topological polar surface area (TPSA) is 43.2 Å². The molecule has 1 saturated heterocycles. The summed E-state index contributed by atoms with van der Waals surface area (Å²) in [5.41, 5.74) is 1.95. The summed E-state index contributed by atoms with van der Waals surface area (Å²) in [4.78, 5) is 0. The molecule has 0 N–H and O–H groups in total.